The molecule has 2 aromatic rings. The summed E-state index contributed by atoms with van der Waals surface area (Å²) in [4.78, 5) is 27.5. The number of carbonyl (C=O) groups excluding carboxylic acids is 1. The third kappa shape index (κ3) is 5.44. The number of carbonyl (C=O) groups is 1. The van der Waals surface area contributed by atoms with Crippen LogP contribution in [-0.2, 0) is 10.2 Å². The zero-order chi connectivity index (χ0) is 27.4. The van der Waals surface area contributed by atoms with Gasteiger partial charge in [0.1, 0.15) is 6.10 Å². The molecule has 2 aliphatic heterocycles. The van der Waals surface area contributed by atoms with Crippen LogP contribution in [-0.4, -0.2) is 61.8 Å². The van der Waals surface area contributed by atoms with E-state index >= 15 is 0 Å². The number of benzene rings is 2. The first-order valence-electron chi connectivity index (χ1n) is 14.0. The number of hydrogen-bond donors (Lipinski definition) is 1. The fourth-order valence-corrected chi connectivity index (χ4v) is 7.11. The van der Waals surface area contributed by atoms with E-state index in [1.54, 1.807) is 19.2 Å². The Morgan fingerprint density at radius 3 is 2.41 bits per heavy atom. The van der Waals surface area contributed by atoms with Crippen molar-refractivity contribution in [3.63, 3.8) is 0 Å². The summed E-state index contributed by atoms with van der Waals surface area (Å²) in [7, 11) is 1.57. The summed E-state index contributed by atoms with van der Waals surface area (Å²) in [5.41, 5.74) is 1.50. The molecule has 1 aliphatic carbocycles. The highest BCUT2D eigenvalue weighted by atomic mass is 16.6. The maximum Gasteiger partial charge on any atom is 0.407 e. The Morgan fingerprint density at radius 2 is 1.79 bits per heavy atom. The number of nitrogens with one attached hydrogen (secondary N) is 1. The molecule has 1 N–H and O–H groups in total. The molecule has 0 aromatic heterocycles. The average molecular weight is 532 g/mol. The van der Waals surface area contributed by atoms with Crippen molar-refractivity contribution in [2.24, 2.45) is 17.8 Å². The van der Waals surface area contributed by atoms with Gasteiger partial charge >= 0.3 is 6.09 Å². The Balaban J connectivity index is 1.23. The van der Waals surface area contributed by atoms with Crippen LogP contribution in [0.4, 0.5) is 16.2 Å². The van der Waals surface area contributed by atoms with Gasteiger partial charge in [0.05, 0.1) is 16.4 Å². The molecule has 3 fully saturated rings. The molecular weight excluding hydrogens is 494 g/mol. The van der Waals surface area contributed by atoms with Crippen molar-refractivity contribution in [1.29, 1.82) is 5.26 Å². The molecule has 5 rings (SSSR count). The Hall–Kier alpha value is -3.64. The van der Waals surface area contributed by atoms with Crippen molar-refractivity contribution >= 4 is 17.5 Å². The Kier molecular flexibility index (Phi) is 8.03. The summed E-state index contributed by atoms with van der Waals surface area (Å²) in [5.74, 6) is 0.727. The SMILES string of the molecule is CNC(=O)O[C@H]1CCC[C@@H]1C(C#N)(c1ccccc1)C1CCN(CC2CN(c3ccc([N+](=O)[O-])cc3)C2)CC1. The van der Waals surface area contributed by atoms with Crippen molar-refractivity contribution in [3.8, 4) is 6.07 Å². The molecule has 0 radical (unpaired) electrons. The van der Waals surface area contributed by atoms with Crippen LogP contribution in [0.15, 0.2) is 54.6 Å². The number of piperidine rings is 1. The maximum atomic E-state index is 12.1. The maximum absolute atomic E-state index is 12.1. The van der Waals surface area contributed by atoms with Crippen molar-refractivity contribution in [3.05, 3.63) is 70.3 Å². The normalized spacial score (nSPS) is 23.8. The second-order valence-corrected chi connectivity index (χ2v) is 11.2. The lowest BCUT2D eigenvalue weighted by atomic mass is 9.59. The number of alkyl carbamates (subject to hydrolysis) is 1. The van der Waals surface area contributed by atoms with E-state index < -0.39 is 11.5 Å². The summed E-state index contributed by atoms with van der Waals surface area (Å²) in [6.07, 6.45) is 3.81. The zero-order valence-corrected chi connectivity index (χ0v) is 22.5. The number of hydrogen-bond acceptors (Lipinski definition) is 7. The molecule has 2 heterocycles. The minimum absolute atomic E-state index is 0.0272. The van der Waals surface area contributed by atoms with Gasteiger partial charge in [-0.05, 0) is 68.8 Å². The van der Waals surface area contributed by atoms with Crippen LogP contribution in [0.2, 0.25) is 0 Å². The van der Waals surface area contributed by atoms with E-state index in [0.717, 1.165) is 76.1 Å². The van der Waals surface area contributed by atoms with Gasteiger partial charge in [-0.2, -0.15) is 5.26 Å². The first-order valence-corrected chi connectivity index (χ1v) is 14.0. The fourth-order valence-electron chi connectivity index (χ4n) is 7.11. The monoisotopic (exact) mass is 531 g/mol. The quantitative estimate of drug-likeness (QED) is 0.387. The van der Waals surface area contributed by atoms with Gasteiger partial charge in [0.25, 0.3) is 5.69 Å². The number of likely N-dealkylation sites (tertiary alicyclic amines) is 1. The number of amides is 1. The Bertz CT molecular complexity index is 1190. The number of non-ortho nitro benzene ring substituents is 1. The van der Waals surface area contributed by atoms with Gasteiger partial charge < -0.3 is 19.9 Å². The zero-order valence-electron chi connectivity index (χ0n) is 22.5. The van der Waals surface area contributed by atoms with Gasteiger partial charge in [0.15, 0.2) is 0 Å². The molecule has 1 amide bonds. The van der Waals surface area contributed by atoms with Crippen LogP contribution < -0.4 is 10.2 Å². The second-order valence-electron chi connectivity index (χ2n) is 11.2. The molecule has 2 aromatic carbocycles. The molecular formula is C30H37N5O4. The Morgan fingerprint density at radius 1 is 1.10 bits per heavy atom. The van der Waals surface area contributed by atoms with Crippen LogP contribution >= 0.6 is 0 Å². The van der Waals surface area contributed by atoms with Gasteiger partial charge in [-0.3, -0.25) is 10.1 Å². The van der Waals surface area contributed by atoms with Crippen molar-refractivity contribution in [1.82, 2.24) is 10.2 Å². The van der Waals surface area contributed by atoms with Crippen LogP contribution in [0.3, 0.4) is 0 Å². The van der Waals surface area contributed by atoms with E-state index in [1.165, 1.54) is 0 Å². The van der Waals surface area contributed by atoms with E-state index in [0.29, 0.717) is 5.92 Å². The molecule has 1 saturated carbocycles. The first kappa shape index (κ1) is 26.9. The van der Waals surface area contributed by atoms with Gasteiger partial charge in [0.2, 0.25) is 0 Å². The van der Waals surface area contributed by atoms with E-state index in [9.17, 15) is 20.2 Å². The molecule has 9 heteroatoms. The van der Waals surface area contributed by atoms with Crippen LogP contribution in [0, 0.1) is 39.2 Å². The highest BCUT2D eigenvalue weighted by molar-refractivity contribution is 5.67. The molecule has 0 spiro atoms. The Labute approximate surface area is 229 Å². The van der Waals surface area contributed by atoms with Crippen LogP contribution in [0.5, 0.6) is 0 Å². The van der Waals surface area contributed by atoms with Gasteiger partial charge in [0, 0.05) is 56.3 Å². The van der Waals surface area contributed by atoms with Crippen LogP contribution in [0.25, 0.3) is 0 Å². The largest absolute Gasteiger partial charge is 0.446 e. The lowest BCUT2D eigenvalue weighted by Gasteiger charge is -2.47. The summed E-state index contributed by atoms with van der Waals surface area (Å²) < 4.78 is 5.80. The average Bonchev–Trinajstić information content (AvgIpc) is 3.41. The number of nitriles is 1. The number of nitrogens with zero attached hydrogens (tertiary/aromatic N) is 4. The summed E-state index contributed by atoms with van der Waals surface area (Å²) >= 11 is 0. The predicted molar refractivity (Wildman–Crippen MR) is 148 cm³/mol. The molecule has 39 heavy (non-hydrogen) atoms. The molecule has 9 nitrogen and oxygen atoms in total. The third-order valence-corrected chi connectivity index (χ3v) is 9.07. The fraction of sp³-hybridized carbons (Fsp3) is 0.533. The minimum Gasteiger partial charge on any atom is -0.446 e. The van der Waals surface area contributed by atoms with E-state index in [1.807, 2.05) is 30.3 Å². The summed E-state index contributed by atoms with van der Waals surface area (Å²) in [6, 6.07) is 19.7. The number of anilines is 1. The number of rotatable bonds is 8. The van der Waals surface area contributed by atoms with E-state index in [4.69, 9.17) is 4.74 Å². The first-order chi connectivity index (χ1) is 18.9. The molecule has 0 bridgehead atoms. The van der Waals surface area contributed by atoms with E-state index in [-0.39, 0.29) is 28.6 Å². The van der Waals surface area contributed by atoms with Crippen molar-refractivity contribution in [2.45, 2.75) is 43.6 Å². The van der Waals surface area contributed by atoms with Gasteiger partial charge in [-0.25, -0.2) is 4.79 Å². The lowest BCUT2D eigenvalue weighted by Crippen LogP contribution is -2.54. The highest BCUT2D eigenvalue weighted by Gasteiger charge is 2.53. The second kappa shape index (κ2) is 11.6. The standard InChI is InChI=1S/C30H37N5O4/c1-32-29(36)39-28-9-5-8-27(28)30(21-31,23-6-3-2-4-7-23)24-14-16-33(17-15-24)18-22-19-34(20-22)25-10-12-26(13-11-25)35(37)38/h2-4,6-7,10-13,22,24,27-28H,5,8-9,14-20H2,1H3,(H,32,36)/t27-,28-,30?/m0/s1. The molecule has 1 unspecified atom stereocenters. The lowest BCUT2D eigenvalue weighted by molar-refractivity contribution is -0.384. The van der Waals surface area contributed by atoms with Crippen LogP contribution in [0.1, 0.15) is 37.7 Å². The van der Waals surface area contributed by atoms with Gasteiger partial charge in [-0.15, -0.1) is 0 Å². The van der Waals surface area contributed by atoms with Gasteiger partial charge in [-0.1, -0.05) is 30.3 Å². The summed E-state index contributed by atoms with van der Waals surface area (Å²) in [6.45, 7) is 4.81. The molecule has 206 valence electrons. The number of ether oxygens (including phenoxy) is 1. The molecule has 3 atom stereocenters. The predicted octanol–water partition coefficient (Wildman–Crippen LogP) is 4.73. The van der Waals surface area contributed by atoms with E-state index in [2.05, 4.69) is 33.3 Å². The van der Waals surface area contributed by atoms with Crippen molar-refractivity contribution in [2.75, 3.05) is 44.7 Å². The highest BCUT2D eigenvalue weighted by Crippen LogP contribution is 2.51. The molecule has 2 saturated heterocycles. The molecule has 3 aliphatic rings. The minimum atomic E-state index is -0.689. The van der Waals surface area contributed by atoms with Crippen molar-refractivity contribution < 1.29 is 14.5 Å². The topological polar surface area (TPSA) is 112 Å². The third-order valence-electron chi connectivity index (χ3n) is 9.07. The smallest absolute Gasteiger partial charge is 0.407 e. The number of nitro groups is 1. The summed E-state index contributed by atoms with van der Waals surface area (Å²) in [5, 5.41) is 24.3. The number of nitro benzene ring substituents is 1.